The largest absolute Gasteiger partial charge is 0.370 e. The molecule has 0 saturated carbocycles. The van der Waals surface area contributed by atoms with Crippen molar-refractivity contribution < 1.29 is 4.79 Å². The van der Waals surface area contributed by atoms with Crippen LogP contribution >= 0.6 is 0 Å². The third kappa shape index (κ3) is 3.36. The summed E-state index contributed by atoms with van der Waals surface area (Å²) in [7, 11) is 0. The van der Waals surface area contributed by atoms with Gasteiger partial charge in [0.2, 0.25) is 0 Å². The number of pyridine rings is 1. The molecule has 1 amide bonds. The van der Waals surface area contributed by atoms with Gasteiger partial charge in [-0.3, -0.25) is 4.79 Å². The van der Waals surface area contributed by atoms with E-state index in [2.05, 4.69) is 22.1 Å². The van der Waals surface area contributed by atoms with Gasteiger partial charge in [-0.05, 0) is 49.4 Å². The molecule has 23 heavy (non-hydrogen) atoms. The Balaban J connectivity index is 1.76. The number of aromatic nitrogens is 1. The predicted octanol–water partition coefficient (Wildman–Crippen LogP) is 3.80. The molecule has 1 aliphatic heterocycles. The summed E-state index contributed by atoms with van der Waals surface area (Å²) in [6.07, 6.45) is 5.15. The van der Waals surface area contributed by atoms with Gasteiger partial charge in [0, 0.05) is 18.8 Å². The van der Waals surface area contributed by atoms with Crippen molar-refractivity contribution in [3.05, 3.63) is 53.3 Å². The summed E-state index contributed by atoms with van der Waals surface area (Å²) >= 11 is 0. The first kappa shape index (κ1) is 15.5. The van der Waals surface area contributed by atoms with Gasteiger partial charge in [0.25, 0.3) is 5.91 Å². The van der Waals surface area contributed by atoms with Gasteiger partial charge in [0.05, 0.1) is 11.9 Å². The summed E-state index contributed by atoms with van der Waals surface area (Å²) in [6.45, 7) is 6.26. The molecule has 1 aliphatic rings. The number of anilines is 2. The fraction of sp³-hybridized carbons (Fsp3) is 0.368. The molecular formula is C19H23N3O. The molecule has 0 bridgehead atoms. The molecule has 0 radical (unpaired) electrons. The first-order valence-electron chi connectivity index (χ1n) is 8.30. The molecule has 2 heterocycles. The lowest BCUT2D eigenvalue weighted by Gasteiger charge is -2.17. The number of hydrogen-bond donors (Lipinski definition) is 1. The van der Waals surface area contributed by atoms with Crippen molar-refractivity contribution in [3.8, 4) is 0 Å². The monoisotopic (exact) mass is 309 g/mol. The Labute approximate surface area is 137 Å². The molecule has 1 saturated heterocycles. The van der Waals surface area contributed by atoms with Crippen molar-refractivity contribution in [1.82, 2.24) is 4.98 Å². The standard InChI is InChI=1S/C19H23N3O/c1-3-15-8-6-7-14(2)18(15)21-19(23)17-10-9-16(13-20-17)22-11-4-5-12-22/h6-10,13H,3-5,11-12H2,1-2H3,(H,21,23). The Morgan fingerprint density at radius 2 is 2.00 bits per heavy atom. The van der Waals surface area contributed by atoms with Crippen LogP contribution in [0, 0.1) is 6.92 Å². The number of benzene rings is 1. The zero-order valence-electron chi connectivity index (χ0n) is 13.8. The fourth-order valence-electron chi connectivity index (χ4n) is 3.06. The quantitative estimate of drug-likeness (QED) is 0.934. The topological polar surface area (TPSA) is 45.2 Å². The van der Waals surface area contributed by atoms with E-state index in [1.54, 1.807) is 6.20 Å². The molecule has 2 aromatic rings. The van der Waals surface area contributed by atoms with Crippen LogP contribution in [0.5, 0.6) is 0 Å². The number of aryl methyl sites for hydroxylation is 2. The number of nitrogens with zero attached hydrogens (tertiary/aromatic N) is 2. The second kappa shape index (κ2) is 6.82. The Morgan fingerprint density at radius 1 is 1.22 bits per heavy atom. The number of para-hydroxylation sites is 1. The Kier molecular flexibility index (Phi) is 4.60. The van der Waals surface area contributed by atoms with Crippen LogP contribution in [0.3, 0.4) is 0 Å². The molecule has 1 aromatic carbocycles. The van der Waals surface area contributed by atoms with E-state index in [4.69, 9.17) is 0 Å². The van der Waals surface area contributed by atoms with Gasteiger partial charge in [-0.2, -0.15) is 0 Å². The zero-order chi connectivity index (χ0) is 16.2. The number of hydrogen-bond acceptors (Lipinski definition) is 3. The van der Waals surface area contributed by atoms with E-state index in [9.17, 15) is 4.79 Å². The lowest BCUT2D eigenvalue weighted by molar-refractivity contribution is 0.102. The highest BCUT2D eigenvalue weighted by Gasteiger charge is 2.15. The highest BCUT2D eigenvalue weighted by atomic mass is 16.1. The molecule has 1 N–H and O–H groups in total. The van der Waals surface area contributed by atoms with E-state index < -0.39 is 0 Å². The number of amides is 1. The van der Waals surface area contributed by atoms with Crippen LogP contribution < -0.4 is 10.2 Å². The second-order valence-corrected chi connectivity index (χ2v) is 6.01. The van der Waals surface area contributed by atoms with Crippen LogP contribution in [0.15, 0.2) is 36.5 Å². The maximum absolute atomic E-state index is 12.5. The summed E-state index contributed by atoms with van der Waals surface area (Å²) in [5.41, 5.74) is 4.69. The minimum Gasteiger partial charge on any atom is -0.370 e. The first-order valence-corrected chi connectivity index (χ1v) is 8.30. The number of rotatable bonds is 4. The summed E-state index contributed by atoms with van der Waals surface area (Å²) in [6, 6.07) is 9.89. The van der Waals surface area contributed by atoms with E-state index >= 15 is 0 Å². The second-order valence-electron chi connectivity index (χ2n) is 6.01. The van der Waals surface area contributed by atoms with Crippen LogP contribution in [0.25, 0.3) is 0 Å². The molecular weight excluding hydrogens is 286 g/mol. The van der Waals surface area contributed by atoms with E-state index in [1.807, 2.05) is 37.3 Å². The van der Waals surface area contributed by atoms with Gasteiger partial charge in [0.15, 0.2) is 0 Å². The van der Waals surface area contributed by atoms with Crippen LogP contribution in [0.2, 0.25) is 0 Å². The van der Waals surface area contributed by atoms with Crippen molar-refractivity contribution in [2.75, 3.05) is 23.3 Å². The SMILES string of the molecule is CCc1cccc(C)c1NC(=O)c1ccc(N2CCCC2)cn1. The molecule has 1 fully saturated rings. The maximum Gasteiger partial charge on any atom is 0.274 e. The molecule has 4 nitrogen and oxygen atoms in total. The number of nitrogens with one attached hydrogen (secondary N) is 1. The lowest BCUT2D eigenvalue weighted by atomic mass is 10.1. The molecule has 3 rings (SSSR count). The summed E-state index contributed by atoms with van der Waals surface area (Å²) < 4.78 is 0. The highest BCUT2D eigenvalue weighted by molar-refractivity contribution is 6.03. The van der Waals surface area contributed by atoms with Crippen molar-refractivity contribution in [3.63, 3.8) is 0 Å². The summed E-state index contributed by atoms with van der Waals surface area (Å²) in [5, 5.41) is 3.02. The van der Waals surface area contributed by atoms with Gasteiger partial charge in [-0.25, -0.2) is 4.98 Å². The highest BCUT2D eigenvalue weighted by Crippen LogP contribution is 2.22. The Hall–Kier alpha value is -2.36. The molecule has 0 unspecified atom stereocenters. The third-order valence-electron chi connectivity index (χ3n) is 4.43. The Bertz CT molecular complexity index is 688. The maximum atomic E-state index is 12.5. The fourth-order valence-corrected chi connectivity index (χ4v) is 3.06. The van der Waals surface area contributed by atoms with Crippen molar-refractivity contribution in [2.45, 2.75) is 33.1 Å². The smallest absolute Gasteiger partial charge is 0.274 e. The van der Waals surface area contributed by atoms with E-state index in [0.717, 1.165) is 42.0 Å². The van der Waals surface area contributed by atoms with Crippen molar-refractivity contribution in [1.29, 1.82) is 0 Å². The molecule has 0 atom stereocenters. The van der Waals surface area contributed by atoms with E-state index in [0.29, 0.717) is 5.69 Å². The van der Waals surface area contributed by atoms with Crippen LogP contribution in [0.1, 0.15) is 41.4 Å². The minimum atomic E-state index is -0.151. The summed E-state index contributed by atoms with van der Waals surface area (Å²) in [5.74, 6) is -0.151. The normalized spacial score (nSPS) is 14.1. The number of carbonyl (C=O) groups is 1. The first-order chi connectivity index (χ1) is 11.2. The van der Waals surface area contributed by atoms with Crippen molar-refractivity contribution >= 4 is 17.3 Å². The van der Waals surface area contributed by atoms with Crippen LogP contribution in [-0.2, 0) is 6.42 Å². The Morgan fingerprint density at radius 3 is 2.65 bits per heavy atom. The van der Waals surface area contributed by atoms with Crippen LogP contribution in [-0.4, -0.2) is 24.0 Å². The molecule has 120 valence electrons. The third-order valence-corrected chi connectivity index (χ3v) is 4.43. The minimum absolute atomic E-state index is 0.151. The predicted molar refractivity (Wildman–Crippen MR) is 94.2 cm³/mol. The van der Waals surface area contributed by atoms with Crippen molar-refractivity contribution in [2.24, 2.45) is 0 Å². The van der Waals surface area contributed by atoms with E-state index in [1.165, 1.54) is 12.8 Å². The number of carbonyl (C=O) groups excluding carboxylic acids is 1. The van der Waals surface area contributed by atoms with Gasteiger partial charge >= 0.3 is 0 Å². The van der Waals surface area contributed by atoms with Gasteiger partial charge in [-0.15, -0.1) is 0 Å². The lowest BCUT2D eigenvalue weighted by Crippen LogP contribution is -2.19. The summed E-state index contributed by atoms with van der Waals surface area (Å²) in [4.78, 5) is 19.1. The average molecular weight is 309 g/mol. The zero-order valence-corrected chi connectivity index (χ0v) is 13.8. The van der Waals surface area contributed by atoms with E-state index in [-0.39, 0.29) is 5.91 Å². The molecule has 4 heteroatoms. The van der Waals surface area contributed by atoms with Crippen LogP contribution in [0.4, 0.5) is 11.4 Å². The van der Waals surface area contributed by atoms with Gasteiger partial charge in [-0.1, -0.05) is 25.1 Å². The average Bonchev–Trinajstić information content (AvgIpc) is 3.11. The molecule has 0 spiro atoms. The van der Waals surface area contributed by atoms with Gasteiger partial charge in [0.1, 0.15) is 5.69 Å². The molecule has 0 aliphatic carbocycles. The molecule has 1 aromatic heterocycles. The van der Waals surface area contributed by atoms with Gasteiger partial charge < -0.3 is 10.2 Å².